The quantitative estimate of drug-likeness (QED) is 0.537. The van der Waals surface area contributed by atoms with Gasteiger partial charge in [0.15, 0.2) is 0 Å². The van der Waals surface area contributed by atoms with Crippen molar-refractivity contribution in [3.8, 4) is 0 Å². The van der Waals surface area contributed by atoms with E-state index in [0.29, 0.717) is 6.42 Å². The average Bonchev–Trinajstić information content (AvgIpc) is 1.89. The van der Waals surface area contributed by atoms with E-state index in [1.54, 1.807) is 0 Å². The van der Waals surface area contributed by atoms with Gasteiger partial charge >= 0.3 is 0 Å². The molecule has 0 aliphatic heterocycles. The van der Waals surface area contributed by atoms with Gasteiger partial charge in [0.05, 0.1) is 13.3 Å². The standard InChI is InChI=1S/C6H14FNO/c7-4-2-1-3-6(8)5-9/h6,9H,1-5,8H2. The van der Waals surface area contributed by atoms with E-state index in [2.05, 4.69) is 0 Å². The number of rotatable bonds is 5. The number of alkyl halides is 1. The van der Waals surface area contributed by atoms with Crippen LogP contribution in [-0.4, -0.2) is 24.4 Å². The van der Waals surface area contributed by atoms with E-state index in [-0.39, 0.29) is 19.3 Å². The van der Waals surface area contributed by atoms with Gasteiger partial charge in [-0.3, -0.25) is 4.39 Å². The van der Waals surface area contributed by atoms with E-state index in [0.717, 1.165) is 12.8 Å². The number of halogens is 1. The molecule has 0 radical (unpaired) electrons. The van der Waals surface area contributed by atoms with Crippen LogP contribution in [0.5, 0.6) is 0 Å². The maximum atomic E-state index is 11.4. The summed E-state index contributed by atoms with van der Waals surface area (Å²) in [4.78, 5) is 0. The summed E-state index contributed by atoms with van der Waals surface area (Å²) in [6.07, 6.45) is 2.06. The summed E-state index contributed by atoms with van der Waals surface area (Å²) in [6.45, 7) is -0.273. The van der Waals surface area contributed by atoms with Gasteiger partial charge in [0.1, 0.15) is 0 Å². The minimum atomic E-state index is -0.280. The highest BCUT2D eigenvalue weighted by Gasteiger charge is 1.97. The van der Waals surface area contributed by atoms with Crippen molar-refractivity contribution >= 4 is 0 Å². The van der Waals surface area contributed by atoms with E-state index in [1.807, 2.05) is 0 Å². The molecule has 0 aliphatic rings. The second-order valence-corrected chi connectivity index (χ2v) is 2.13. The maximum Gasteiger partial charge on any atom is 0.0894 e. The Labute approximate surface area is 54.9 Å². The molecule has 0 aromatic carbocycles. The molecule has 0 heterocycles. The number of hydrogen-bond donors (Lipinski definition) is 2. The zero-order valence-electron chi connectivity index (χ0n) is 5.52. The van der Waals surface area contributed by atoms with Crippen LogP contribution >= 0.6 is 0 Å². The van der Waals surface area contributed by atoms with Gasteiger partial charge in [-0.25, -0.2) is 0 Å². The smallest absolute Gasteiger partial charge is 0.0894 e. The first-order valence-electron chi connectivity index (χ1n) is 3.23. The fourth-order valence-corrected chi connectivity index (χ4v) is 0.592. The Kier molecular flexibility index (Phi) is 5.88. The van der Waals surface area contributed by atoms with Crippen molar-refractivity contribution in [2.45, 2.75) is 25.3 Å². The fourth-order valence-electron chi connectivity index (χ4n) is 0.592. The highest BCUT2D eigenvalue weighted by molar-refractivity contribution is 4.57. The van der Waals surface area contributed by atoms with Gasteiger partial charge in [0, 0.05) is 6.04 Å². The second kappa shape index (κ2) is 5.98. The first-order chi connectivity index (χ1) is 4.31. The molecule has 1 atom stereocenters. The number of aliphatic hydroxyl groups excluding tert-OH is 1. The second-order valence-electron chi connectivity index (χ2n) is 2.13. The molecule has 56 valence electrons. The van der Waals surface area contributed by atoms with Crippen LogP contribution in [0.4, 0.5) is 4.39 Å². The number of aliphatic hydroxyl groups is 1. The third kappa shape index (κ3) is 5.73. The molecule has 0 fully saturated rings. The van der Waals surface area contributed by atoms with Crippen molar-refractivity contribution in [1.29, 1.82) is 0 Å². The average molecular weight is 135 g/mol. The molecule has 0 saturated heterocycles. The van der Waals surface area contributed by atoms with Gasteiger partial charge in [-0.05, 0) is 19.3 Å². The summed E-state index contributed by atoms with van der Waals surface area (Å²) in [5.74, 6) is 0. The molecule has 0 bridgehead atoms. The fraction of sp³-hybridized carbons (Fsp3) is 1.00. The molecule has 1 unspecified atom stereocenters. The molecule has 3 N–H and O–H groups in total. The van der Waals surface area contributed by atoms with Gasteiger partial charge in [-0.2, -0.15) is 0 Å². The number of nitrogens with two attached hydrogens (primary N) is 1. The SMILES string of the molecule is NC(CO)CCCCF. The Morgan fingerprint density at radius 2 is 2.11 bits per heavy atom. The lowest BCUT2D eigenvalue weighted by molar-refractivity contribution is 0.256. The molecule has 0 aliphatic carbocycles. The van der Waals surface area contributed by atoms with Crippen molar-refractivity contribution in [1.82, 2.24) is 0 Å². The van der Waals surface area contributed by atoms with Crippen LogP contribution in [0.2, 0.25) is 0 Å². The van der Waals surface area contributed by atoms with Crippen LogP contribution in [0.15, 0.2) is 0 Å². The number of unbranched alkanes of at least 4 members (excludes halogenated alkanes) is 1. The van der Waals surface area contributed by atoms with Crippen LogP contribution in [0.25, 0.3) is 0 Å². The summed E-state index contributed by atoms with van der Waals surface area (Å²) in [5.41, 5.74) is 5.34. The molecular weight excluding hydrogens is 121 g/mol. The van der Waals surface area contributed by atoms with Crippen LogP contribution in [0.3, 0.4) is 0 Å². The summed E-state index contributed by atoms with van der Waals surface area (Å²) in [7, 11) is 0. The molecule has 0 saturated carbocycles. The lowest BCUT2D eigenvalue weighted by atomic mass is 10.1. The van der Waals surface area contributed by atoms with Crippen LogP contribution in [0.1, 0.15) is 19.3 Å². The largest absolute Gasteiger partial charge is 0.395 e. The van der Waals surface area contributed by atoms with Gasteiger partial charge < -0.3 is 10.8 Å². The number of hydrogen-bond acceptors (Lipinski definition) is 2. The molecule has 9 heavy (non-hydrogen) atoms. The van der Waals surface area contributed by atoms with E-state index in [9.17, 15) is 4.39 Å². The highest BCUT2D eigenvalue weighted by atomic mass is 19.1. The first kappa shape index (κ1) is 8.85. The van der Waals surface area contributed by atoms with Gasteiger partial charge in [-0.15, -0.1) is 0 Å². The van der Waals surface area contributed by atoms with Gasteiger partial charge in [0.2, 0.25) is 0 Å². The minimum Gasteiger partial charge on any atom is -0.395 e. The molecule has 0 amide bonds. The Morgan fingerprint density at radius 1 is 1.44 bits per heavy atom. The summed E-state index contributed by atoms with van der Waals surface area (Å²) >= 11 is 0. The van der Waals surface area contributed by atoms with Crippen LogP contribution in [0, 0.1) is 0 Å². The van der Waals surface area contributed by atoms with E-state index in [1.165, 1.54) is 0 Å². The van der Waals surface area contributed by atoms with Crippen LogP contribution < -0.4 is 5.73 Å². The zero-order valence-corrected chi connectivity index (χ0v) is 5.52. The third-order valence-corrected chi connectivity index (χ3v) is 1.19. The molecule has 0 spiro atoms. The Morgan fingerprint density at radius 3 is 2.56 bits per heavy atom. The lowest BCUT2D eigenvalue weighted by Crippen LogP contribution is -2.23. The Bertz CT molecular complexity index is 61.0. The Hall–Kier alpha value is -0.150. The summed E-state index contributed by atoms with van der Waals surface area (Å²) < 4.78 is 11.4. The van der Waals surface area contributed by atoms with Gasteiger partial charge in [-0.1, -0.05) is 0 Å². The van der Waals surface area contributed by atoms with E-state index < -0.39 is 0 Å². The predicted molar refractivity (Wildman–Crippen MR) is 34.9 cm³/mol. The maximum absolute atomic E-state index is 11.4. The monoisotopic (exact) mass is 135 g/mol. The van der Waals surface area contributed by atoms with Gasteiger partial charge in [0.25, 0.3) is 0 Å². The normalized spacial score (nSPS) is 13.7. The Balaban J connectivity index is 2.88. The van der Waals surface area contributed by atoms with Crippen molar-refractivity contribution in [3.05, 3.63) is 0 Å². The van der Waals surface area contributed by atoms with Crippen molar-refractivity contribution in [3.63, 3.8) is 0 Å². The third-order valence-electron chi connectivity index (χ3n) is 1.19. The topological polar surface area (TPSA) is 46.2 Å². The van der Waals surface area contributed by atoms with Crippen molar-refractivity contribution in [2.75, 3.05) is 13.3 Å². The first-order valence-corrected chi connectivity index (χ1v) is 3.23. The van der Waals surface area contributed by atoms with Crippen molar-refractivity contribution in [2.24, 2.45) is 5.73 Å². The molecule has 0 rings (SSSR count). The lowest BCUT2D eigenvalue weighted by Gasteiger charge is -2.04. The molecular formula is C6H14FNO. The zero-order chi connectivity index (χ0) is 7.11. The summed E-state index contributed by atoms with van der Waals surface area (Å²) in [6, 6.07) is -0.156. The molecule has 0 aromatic rings. The van der Waals surface area contributed by atoms with E-state index >= 15 is 0 Å². The van der Waals surface area contributed by atoms with E-state index in [4.69, 9.17) is 10.8 Å². The summed E-state index contributed by atoms with van der Waals surface area (Å²) in [5, 5.41) is 8.42. The minimum absolute atomic E-state index is 0.00624. The van der Waals surface area contributed by atoms with Crippen molar-refractivity contribution < 1.29 is 9.50 Å². The molecule has 0 aromatic heterocycles. The molecule has 2 nitrogen and oxygen atoms in total. The van der Waals surface area contributed by atoms with Crippen LogP contribution in [-0.2, 0) is 0 Å². The molecule has 3 heteroatoms. The highest BCUT2D eigenvalue weighted by Crippen LogP contribution is 1.97. The predicted octanol–water partition coefficient (Wildman–Crippen LogP) is 0.446.